The van der Waals surface area contributed by atoms with Gasteiger partial charge in [0, 0.05) is 38.3 Å². The zero-order valence-corrected chi connectivity index (χ0v) is 7.43. The van der Waals surface area contributed by atoms with Crippen LogP contribution in [0.3, 0.4) is 0 Å². The molecule has 0 aromatic carbocycles. The smallest absolute Gasteiger partial charge is 0.0175 e. The Labute approximate surface area is 73.0 Å². The molecule has 0 bridgehead atoms. The number of halogens is 1. The first kappa shape index (κ1) is 10.9. The van der Waals surface area contributed by atoms with E-state index >= 15 is 0 Å². The summed E-state index contributed by atoms with van der Waals surface area (Å²) in [5.74, 6) is 0. The quantitative estimate of drug-likeness (QED) is 0.599. The maximum Gasteiger partial charge on any atom is 0.0175 e. The highest BCUT2D eigenvalue weighted by atomic mass is 35.5. The van der Waals surface area contributed by atoms with Gasteiger partial charge in [-0.15, -0.1) is 0 Å². The largest absolute Gasteiger partial charge is 0.329 e. The molecule has 0 aliphatic heterocycles. The van der Waals surface area contributed by atoms with Crippen molar-refractivity contribution in [1.29, 1.82) is 0 Å². The number of nitrogens with two attached hydrogens (primary N) is 2. The molecule has 0 fully saturated rings. The van der Waals surface area contributed by atoms with Crippen molar-refractivity contribution in [2.45, 2.75) is 0 Å². The molecular weight excluding hydrogens is 162 g/mol. The van der Waals surface area contributed by atoms with Crippen LogP contribution in [0.5, 0.6) is 0 Å². The Bertz CT molecular complexity index is 99.9. The molecule has 0 aromatic heterocycles. The zero-order valence-electron chi connectivity index (χ0n) is 6.67. The minimum Gasteiger partial charge on any atom is -0.329 e. The second-order valence-corrected chi connectivity index (χ2v) is 2.49. The summed E-state index contributed by atoms with van der Waals surface area (Å²) >= 11 is 5.38. The average molecular weight is 178 g/mol. The minimum absolute atomic E-state index is 0.663. The Morgan fingerprint density at radius 2 is 1.73 bits per heavy atom. The Balaban J connectivity index is 3.50. The van der Waals surface area contributed by atoms with Gasteiger partial charge < -0.3 is 11.5 Å². The molecule has 11 heavy (non-hydrogen) atoms. The fraction of sp³-hybridized carbons (Fsp3) is 0.714. The standard InChI is InChI=1S/C7H16ClN3/c8-2-1-5-11(6-3-9)7-4-10/h1-2H,3-7,9-10H2/b2-1+. The molecule has 0 amide bonds. The highest BCUT2D eigenvalue weighted by Crippen LogP contribution is 1.87. The minimum atomic E-state index is 0.663. The van der Waals surface area contributed by atoms with E-state index in [1.165, 1.54) is 5.54 Å². The van der Waals surface area contributed by atoms with Gasteiger partial charge in [0.25, 0.3) is 0 Å². The summed E-state index contributed by atoms with van der Waals surface area (Å²) in [7, 11) is 0. The van der Waals surface area contributed by atoms with Crippen molar-refractivity contribution in [3.05, 3.63) is 11.6 Å². The van der Waals surface area contributed by atoms with Crippen LogP contribution in [0.4, 0.5) is 0 Å². The predicted molar refractivity (Wildman–Crippen MR) is 49.5 cm³/mol. The van der Waals surface area contributed by atoms with E-state index in [4.69, 9.17) is 23.1 Å². The van der Waals surface area contributed by atoms with Crippen molar-refractivity contribution in [2.24, 2.45) is 11.5 Å². The summed E-state index contributed by atoms with van der Waals surface area (Å²) in [5, 5.41) is 0. The molecule has 0 radical (unpaired) electrons. The molecular formula is C7H16ClN3. The monoisotopic (exact) mass is 177 g/mol. The fourth-order valence-electron chi connectivity index (χ4n) is 0.848. The summed E-state index contributed by atoms with van der Waals surface area (Å²) in [4.78, 5) is 2.15. The molecule has 0 saturated carbocycles. The molecule has 0 aliphatic rings. The van der Waals surface area contributed by atoms with Gasteiger partial charge in [-0.25, -0.2) is 0 Å². The van der Waals surface area contributed by atoms with Crippen molar-refractivity contribution in [2.75, 3.05) is 32.7 Å². The second kappa shape index (κ2) is 8.01. The summed E-state index contributed by atoms with van der Waals surface area (Å²) in [6.07, 6.45) is 1.88. The van der Waals surface area contributed by atoms with Gasteiger partial charge in [-0.2, -0.15) is 0 Å². The van der Waals surface area contributed by atoms with Gasteiger partial charge in [-0.3, -0.25) is 4.90 Å². The molecule has 0 saturated heterocycles. The Morgan fingerprint density at radius 3 is 2.09 bits per heavy atom. The lowest BCUT2D eigenvalue weighted by Gasteiger charge is -2.17. The van der Waals surface area contributed by atoms with Gasteiger partial charge in [0.1, 0.15) is 0 Å². The normalized spacial score (nSPS) is 11.6. The van der Waals surface area contributed by atoms with Gasteiger partial charge >= 0.3 is 0 Å². The van der Waals surface area contributed by atoms with Crippen LogP contribution in [-0.2, 0) is 0 Å². The van der Waals surface area contributed by atoms with Gasteiger partial charge in [-0.05, 0) is 0 Å². The highest BCUT2D eigenvalue weighted by Gasteiger charge is 1.98. The number of nitrogens with zero attached hydrogens (tertiary/aromatic N) is 1. The summed E-state index contributed by atoms with van der Waals surface area (Å²) in [6.45, 7) is 3.90. The number of rotatable bonds is 6. The Morgan fingerprint density at radius 1 is 1.18 bits per heavy atom. The summed E-state index contributed by atoms with van der Waals surface area (Å²) < 4.78 is 0. The third-order valence-corrected chi connectivity index (χ3v) is 1.52. The van der Waals surface area contributed by atoms with E-state index in [9.17, 15) is 0 Å². The van der Waals surface area contributed by atoms with E-state index in [-0.39, 0.29) is 0 Å². The van der Waals surface area contributed by atoms with Crippen LogP contribution in [0, 0.1) is 0 Å². The van der Waals surface area contributed by atoms with Crippen molar-refractivity contribution in [1.82, 2.24) is 4.90 Å². The molecule has 0 unspecified atom stereocenters. The van der Waals surface area contributed by atoms with E-state index in [2.05, 4.69) is 4.90 Å². The topological polar surface area (TPSA) is 55.3 Å². The Hall–Kier alpha value is -0.0900. The highest BCUT2D eigenvalue weighted by molar-refractivity contribution is 6.25. The van der Waals surface area contributed by atoms with Crippen LogP contribution in [0.15, 0.2) is 11.6 Å². The molecule has 0 rings (SSSR count). The fourth-order valence-corrected chi connectivity index (χ4v) is 0.928. The van der Waals surface area contributed by atoms with E-state index in [1.54, 1.807) is 0 Å². The molecule has 0 heterocycles. The first-order valence-corrected chi connectivity index (χ1v) is 4.16. The van der Waals surface area contributed by atoms with Gasteiger partial charge in [-0.1, -0.05) is 17.7 Å². The lowest BCUT2D eigenvalue weighted by molar-refractivity contribution is 0.320. The first-order chi connectivity index (χ1) is 5.35. The van der Waals surface area contributed by atoms with E-state index < -0.39 is 0 Å². The van der Waals surface area contributed by atoms with Crippen molar-refractivity contribution in [3.63, 3.8) is 0 Å². The molecule has 66 valence electrons. The molecule has 0 atom stereocenters. The van der Waals surface area contributed by atoms with Crippen LogP contribution in [0.25, 0.3) is 0 Å². The van der Waals surface area contributed by atoms with Crippen LogP contribution in [0.2, 0.25) is 0 Å². The average Bonchev–Trinajstić information content (AvgIpc) is 2.01. The van der Waals surface area contributed by atoms with Crippen LogP contribution in [0.1, 0.15) is 0 Å². The van der Waals surface area contributed by atoms with Gasteiger partial charge in [0.05, 0.1) is 0 Å². The van der Waals surface area contributed by atoms with Gasteiger partial charge in [0.15, 0.2) is 0 Å². The molecule has 0 aliphatic carbocycles. The van der Waals surface area contributed by atoms with Crippen molar-refractivity contribution < 1.29 is 0 Å². The van der Waals surface area contributed by atoms with E-state index in [0.29, 0.717) is 13.1 Å². The molecule has 3 nitrogen and oxygen atoms in total. The molecule has 4 heteroatoms. The predicted octanol–water partition coefficient (Wildman–Crippen LogP) is -0.0417. The number of hydrogen-bond acceptors (Lipinski definition) is 3. The lowest BCUT2D eigenvalue weighted by Crippen LogP contribution is -2.33. The summed E-state index contributed by atoms with van der Waals surface area (Å²) in [5.41, 5.74) is 12.3. The zero-order chi connectivity index (χ0) is 8.53. The first-order valence-electron chi connectivity index (χ1n) is 3.72. The van der Waals surface area contributed by atoms with E-state index in [0.717, 1.165) is 19.6 Å². The van der Waals surface area contributed by atoms with Crippen LogP contribution in [-0.4, -0.2) is 37.6 Å². The maximum absolute atomic E-state index is 5.39. The van der Waals surface area contributed by atoms with Crippen molar-refractivity contribution in [3.8, 4) is 0 Å². The third kappa shape index (κ3) is 6.31. The molecule has 0 aromatic rings. The van der Waals surface area contributed by atoms with Crippen LogP contribution >= 0.6 is 11.6 Å². The second-order valence-electron chi connectivity index (χ2n) is 2.24. The summed E-state index contributed by atoms with van der Waals surface area (Å²) in [6, 6.07) is 0. The van der Waals surface area contributed by atoms with E-state index in [1.807, 2.05) is 6.08 Å². The Kier molecular flexibility index (Phi) is 7.95. The molecule has 4 N–H and O–H groups in total. The maximum atomic E-state index is 5.39. The molecule has 0 spiro atoms. The van der Waals surface area contributed by atoms with Gasteiger partial charge in [0.2, 0.25) is 0 Å². The van der Waals surface area contributed by atoms with Crippen LogP contribution < -0.4 is 11.5 Å². The lowest BCUT2D eigenvalue weighted by atomic mass is 10.4. The SMILES string of the molecule is NCCN(C/C=C/Cl)CCN. The van der Waals surface area contributed by atoms with Crippen molar-refractivity contribution >= 4 is 11.6 Å². The number of hydrogen-bond donors (Lipinski definition) is 2. The third-order valence-electron chi connectivity index (χ3n) is 1.34.